The molecule has 0 spiro atoms. The van der Waals surface area contributed by atoms with Gasteiger partial charge in [0.15, 0.2) is 11.2 Å². The van der Waals surface area contributed by atoms with Gasteiger partial charge < -0.3 is 24.8 Å². The van der Waals surface area contributed by atoms with Gasteiger partial charge in [-0.3, -0.25) is 0 Å². The minimum atomic E-state index is -1.39. The molecule has 0 fully saturated rings. The van der Waals surface area contributed by atoms with E-state index in [2.05, 4.69) is 0 Å². The van der Waals surface area contributed by atoms with Crippen molar-refractivity contribution in [2.75, 3.05) is 13.2 Å². The van der Waals surface area contributed by atoms with E-state index in [4.69, 9.17) is 9.47 Å². The number of aliphatic carboxylic acids is 2. The molecular formula is C19H36O7. The molecule has 0 saturated heterocycles. The highest BCUT2D eigenvalue weighted by Gasteiger charge is 2.42. The van der Waals surface area contributed by atoms with Crippen LogP contribution in [0.5, 0.6) is 0 Å². The summed E-state index contributed by atoms with van der Waals surface area (Å²) in [6, 6.07) is 0. The number of hydrogen-bond acceptors (Lipinski definition) is 5. The Bertz CT molecular complexity index is 410. The molecular weight excluding hydrogens is 340 g/mol. The first-order valence-corrected chi connectivity index (χ1v) is 9.66. The van der Waals surface area contributed by atoms with E-state index in [0.717, 1.165) is 0 Å². The van der Waals surface area contributed by atoms with Gasteiger partial charge in [-0.25, -0.2) is 9.59 Å². The van der Waals surface area contributed by atoms with E-state index in [9.17, 15) is 24.9 Å². The van der Waals surface area contributed by atoms with E-state index in [1.165, 1.54) is 0 Å². The maximum absolute atomic E-state index is 11.8. The molecule has 7 nitrogen and oxygen atoms in total. The van der Waals surface area contributed by atoms with Crippen LogP contribution in [0.15, 0.2) is 0 Å². The van der Waals surface area contributed by atoms with Crippen LogP contribution in [0.3, 0.4) is 0 Å². The minimum absolute atomic E-state index is 0.161. The Labute approximate surface area is 156 Å². The van der Waals surface area contributed by atoms with E-state index in [1.807, 2.05) is 27.7 Å². The fraction of sp³-hybridized carbons (Fsp3) is 0.895. The molecule has 0 aromatic heterocycles. The van der Waals surface area contributed by atoms with Gasteiger partial charge in [0.1, 0.15) is 6.10 Å². The highest BCUT2D eigenvalue weighted by atomic mass is 16.6. The average Bonchev–Trinajstić information content (AvgIpc) is 2.58. The van der Waals surface area contributed by atoms with Crippen molar-refractivity contribution in [3.8, 4) is 0 Å². The van der Waals surface area contributed by atoms with Crippen LogP contribution < -0.4 is 0 Å². The summed E-state index contributed by atoms with van der Waals surface area (Å²) in [6.45, 7) is 6.92. The summed E-state index contributed by atoms with van der Waals surface area (Å²) >= 11 is 0. The van der Waals surface area contributed by atoms with Crippen molar-refractivity contribution in [2.45, 2.75) is 96.4 Å². The predicted molar refractivity (Wildman–Crippen MR) is 98.3 cm³/mol. The summed E-state index contributed by atoms with van der Waals surface area (Å²) in [5, 5.41) is 29.0. The first-order valence-electron chi connectivity index (χ1n) is 9.66. The van der Waals surface area contributed by atoms with Gasteiger partial charge in [-0.15, -0.1) is 0 Å². The highest BCUT2D eigenvalue weighted by Crippen LogP contribution is 2.29. The number of hydrogen-bond donors (Lipinski definition) is 3. The Morgan fingerprint density at radius 3 is 1.50 bits per heavy atom. The lowest BCUT2D eigenvalue weighted by molar-refractivity contribution is -0.199. The summed E-state index contributed by atoms with van der Waals surface area (Å²) in [6.07, 6.45) is 2.97. The standard InChI is InChI=1S/C19H36O7/c1-5-9-18(10-6-2,16(21)22)25-14-15(13-20)26-19(11-7-3,12-8-4)17(23)24/h15,20H,5-14H2,1-4H3,(H,21,22)(H,23,24). The first-order chi connectivity index (χ1) is 12.3. The molecule has 0 bridgehead atoms. The molecule has 0 aliphatic carbocycles. The van der Waals surface area contributed by atoms with Gasteiger partial charge in [-0.05, 0) is 25.7 Å². The lowest BCUT2D eigenvalue weighted by atomic mass is 9.91. The quantitative estimate of drug-likeness (QED) is 0.379. The van der Waals surface area contributed by atoms with Gasteiger partial charge in [0.2, 0.25) is 0 Å². The van der Waals surface area contributed by atoms with Crippen LogP contribution in [0, 0.1) is 0 Å². The molecule has 0 aromatic carbocycles. The third-order valence-electron chi connectivity index (χ3n) is 4.54. The second-order valence-electron chi connectivity index (χ2n) is 6.83. The van der Waals surface area contributed by atoms with Crippen LogP contribution >= 0.6 is 0 Å². The first kappa shape index (κ1) is 24.8. The van der Waals surface area contributed by atoms with E-state index in [-0.39, 0.29) is 6.61 Å². The normalized spacial score (nSPS) is 13.6. The monoisotopic (exact) mass is 376 g/mol. The van der Waals surface area contributed by atoms with Gasteiger partial charge in [0.05, 0.1) is 13.2 Å². The van der Waals surface area contributed by atoms with Gasteiger partial charge in [0.25, 0.3) is 0 Å². The minimum Gasteiger partial charge on any atom is -0.479 e. The summed E-state index contributed by atoms with van der Waals surface area (Å²) < 4.78 is 11.5. The third kappa shape index (κ3) is 6.85. The fourth-order valence-electron chi connectivity index (χ4n) is 3.36. The zero-order chi connectivity index (χ0) is 20.2. The molecule has 154 valence electrons. The molecule has 26 heavy (non-hydrogen) atoms. The Hall–Kier alpha value is -1.18. The number of aliphatic hydroxyl groups excluding tert-OH is 1. The molecule has 1 unspecified atom stereocenters. The average molecular weight is 376 g/mol. The molecule has 0 aromatic rings. The number of carbonyl (C=O) groups is 2. The topological polar surface area (TPSA) is 113 Å². The van der Waals surface area contributed by atoms with Gasteiger partial charge >= 0.3 is 11.9 Å². The number of aliphatic hydroxyl groups is 1. The molecule has 7 heteroatoms. The van der Waals surface area contributed by atoms with Crippen molar-refractivity contribution < 1.29 is 34.4 Å². The zero-order valence-corrected chi connectivity index (χ0v) is 16.6. The Balaban J connectivity index is 5.31. The third-order valence-corrected chi connectivity index (χ3v) is 4.54. The molecule has 0 heterocycles. The van der Waals surface area contributed by atoms with E-state index in [0.29, 0.717) is 51.4 Å². The summed E-state index contributed by atoms with van der Waals surface area (Å²) in [4.78, 5) is 23.6. The maximum Gasteiger partial charge on any atom is 0.335 e. The summed E-state index contributed by atoms with van der Waals surface area (Å²) in [7, 11) is 0. The number of ether oxygens (including phenoxy) is 2. The predicted octanol–water partition coefficient (Wildman–Crippen LogP) is 3.23. The smallest absolute Gasteiger partial charge is 0.335 e. The van der Waals surface area contributed by atoms with Crippen molar-refractivity contribution in [3.05, 3.63) is 0 Å². The fourth-order valence-corrected chi connectivity index (χ4v) is 3.36. The molecule has 0 aliphatic heterocycles. The van der Waals surface area contributed by atoms with Crippen LogP contribution in [-0.2, 0) is 19.1 Å². The van der Waals surface area contributed by atoms with E-state index in [1.54, 1.807) is 0 Å². The number of carboxylic acid groups (broad SMARTS) is 2. The lowest BCUT2D eigenvalue weighted by Crippen LogP contribution is -2.49. The Morgan fingerprint density at radius 2 is 1.19 bits per heavy atom. The van der Waals surface area contributed by atoms with Crippen LogP contribution in [0.1, 0.15) is 79.1 Å². The van der Waals surface area contributed by atoms with Crippen molar-refractivity contribution in [3.63, 3.8) is 0 Å². The summed E-state index contributed by atoms with van der Waals surface area (Å²) in [5.41, 5.74) is -2.72. The second-order valence-corrected chi connectivity index (χ2v) is 6.83. The largest absolute Gasteiger partial charge is 0.479 e. The maximum atomic E-state index is 11.8. The summed E-state index contributed by atoms with van der Waals surface area (Å²) in [5.74, 6) is -2.10. The lowest BCUT2D eigenvalue weighted by Gasteiger charge is -2.35. The van der Waals surface area contributed by atoms with Crippen LogP contribution in [0.2, 0.25) is 0 Å². The molecule has 3 N–H and O–H groups in total. The van der Waals surface area contributed by atoms with Gasteiger partial charge in [-0.1, -0.05) is 53.4 Å². The SMILES string of the molecule is CCCC(CCC)(OCC(CO)OC(CCC)(CCC)C(=O)O)C(=O)O. The zero-order valence-electron chi connectivity index (χ0n) is 16.6. The van der Waals surface area contributed by atoms with Gasteiger partial charge in [0, 0.05) is 0 Å². The van der Waals surface area contributed by atoms with Gasteiger partial charge in [-0.2, -0.15) is 0 Å². The van der Waals surface area contributed by atoms with Crippen molar-refractivity contribution in [1.82, 2.24) is 0 Å². The van der Waals surface area contributed by atoms with Crippen LogP contribution in [-0.4, -0.2) is 57.8 Å². The van der Waals surface area contributed by atoms with E-state index < -0.39 is 35.9 Å². The molecule has 0 saturated carbocycles. The van der Waals surface area contributed by atoms with Crippen molar-refractivity contribution >= 4 is 11.9 Å². The van der Waals surface area contributed by atoms with E-state index >= 15 is 0 Å². The highest BCUT2D eigenvalue weighted by molar-refractivity contribution is 5.78. The van der Waals surface area contributed by atoms with Crippen molar-refractivity contribution in [2.24, 2.45) is 0 Å². The second kappa shape index (κ2) is 12.3. The Kier molecular flexibility index (Phi) is 11.7. The molecule has 0 aliphatic rings. The number of rotatable bonds is 16. The van der Waals surface area contributed by atoms with Crippen LogP contribution in [0.4, 0.5) is 0 Å². The Morgan fingerprint density at radius 1 is 0.808 bits per heavy atom. The molecule has 0 radical (unpaired) electrons. The van der Waals surface area contributed by atoms with Crippen molar-refractivity contribution in [1.29, 1.82) is 0 Å². The molecule has 0 amide bonds. The number of carboxylic acids is 2. The van der Waals surface area contributed by atoms with Crippen LogP contribution in [0.25, 0.3) is 0 Å². The molecule has 1 atom stereocenters. The molecule has 0 rings (SSSR count).